The first-order chi connectivity index (χ1) is 9.72. The highest BCUT2D eigenvalue weighted by Crippen LogP contribution is 2.61. The lowest BCUT2D eigenvalue weighted by Crippen LogP contribution is -2.29. The van der Waals surface area contributed by atoms with Crippen molar-refractivity contribution in [1.29, 1.82) is 0 Å². The molecule has 21 heavy (non-hydrogen) atoms. The van der Waals surface area contributed by atoms with Gasteiger partial charge in [-0.25, -0.2) is 0 Å². The van der Waals surface area contributed by atoms with E-state index in [0.717, 1.165) is 6.54 Å². The Balaban J connectivity index is 0.00000132. The minimum Gasteiger partial charge on any atom is -0.309 e. The van der Waals surface area contributed by atoms with Gasteiger partial charge in [0.25, 0.3) is 0 Å². The molecule has 4 rings (SSSR count). The molecule has 0 unspecified atom stereocenters. The molecule has 0 saturated heterocycles. The molecule has 2 aromatic carbocycles. The van der Waals surface area contributed by atoms with E-state index in [-0.39, 0.29) is 17.8 Å². The summed E-state index contributed by atoms with van der Waals surface area (Å²) in [5, 5.41) is 0. The zero-order valence-electron chi connectivity index (χ0n) is 12.7. The fourth-order valence-electron chi connectivity index (χ4n) is 4.36. The maximum atomic E-state index is 2.36. The number of hydrogen-bond acceptors (Lipinski definition) is 1. The molecular formula is C19H22ClN. The Hall–Kier alpha value is -1.31. The average molecular weight is 300 g/mol. The lowest BCUT2D eigenvalue weighted by Gasteiger charge is -2.32. The monoisotopic (exact) mass is 299 g/mol. The number of fused-ring (bicyclic) bond motifs is 8. The van der Waals surface area contributed by atoms with Crippen LogP contribution in [-0.4, -0.2) is 25.5 Å². The molecule has 110 valence electrons. The van der Waals surface area contributed by atoms with Crippen molar-refractivity contribution in [3.05, 3.63) is 70.8 Å². The molecule has 2 bridgehead atoms. The lowest BCUT2D eigenvalue weighted by atomic mass is 9.73. The quantitative estimate of drug-likeness (QED) is 0.821. The first kappa shape index (κ1) is 14.6. The normalized spacial score (nSPS) is 24.6. The Labute approximate surface area is 133 Å². The second-order valence-corrected chi connectivity index (χ2v) is 6.57. The Morgan fingerprint density at radius 3 is 2.00 bits per heavy atom. The van der Waals surface area contributed by atoms with Crippen LogP contribution >= 0.6 is 12.4 Å². The standard InChI is InChI=1S/C19H21N.ClH/c1-20(2)12-11-19-13-16(14-7-3-5-9-17(14)19)15-8-4-6-10-18(15)19;/h3-10,16H,11-13H2,1-2H3;1H. The van der Waals surface area contributed by atoms with E-state index in [1.807, 2.05) is 0 Å². The molecule has 0 heterocycles. The van der Waals surface area contributed by atoms with Crippen molar-refractivity contribution >= 4 is 12.4 Å². The van der Waals surface area contributed by atoms with Gasteiger partial charge in [0, 0.05) is 11.3 Å². The largest absolute Gasteiger partial charge is 0.309 e. The first-order valence-electron chi connectivity index (χ1n) is 7.56. The highest BCUT2D eigenvalue weighted by Gasteiger charge is 2.51. The van der Waals surface area contributed by atoms with Gasteiger partial charge < -0.3 is 4.90 Å². The van der Waals surface area contributed by atoms with E-state index in [4.69, 9.17) is 0 Å². The third-order valence-electron chi connectivity index (χ3n) is 5.24. The highest BCUT2D eigenvalue weighted by atomic mass is 35.5. The SMILES string of the molecule is CN(C)CCC12CC(c3ccccc31)c1ccccc12.Cl. The molecule has 0 fully saturated rings. The predicted octanol–water partition coefficient (Wildman–Crippen LogP) is 4.20. The van der Waals surface area contributed by atoms with Gasteiger partial charge in [-0.1, -0.05) is 48.5 Å². The maximum absolute atomic E-state index is 2.36. The van der Waals surface area contributed by atoms with Crippen molar-refractivity contribution in [3.8, 4) is 0 Å². The van der Waals surface area contributed by atoms with Crippen LogP contribution < -0.4 is 0 Å². The molecule has 2 aromatic rings. The third kappa shape index (κ3) is 1.95. The van der Waals surface area contributed by atoms with Gasteiger partial charge in [0.2, 0.25) is 0 Å². The Bertz CT molecular complexity index is 615. The molecule has 0 aliphatic heterocycles. The van der Waals surface area contributed by atoms with Crippen LogP contribution in [0, 0.1) is 0 Å². The summed E-state index contributed by atoms with van der Waals surface area (Å²) in [6.45, 7) is 1.15. The van der Waals surface area contributed by atoms with Crippen LogP contribution in [0.15, 0.2) is 48.5 Å². The molecule has 2 heteroatoms. The second-order valence-electron chi connectivity index (χ2n) is 6.57. The van der Waals surface area contributed by atoms with Crippen molar-refractivity contribution in [2.75, 3.05) is 20.6 Å². The molecule has 0 saturated carbocycles. The number of rotatable bonds is 3. The van der Waals surface area contributed by atoms with Gasteiger partial charge in [0.1, 0.15) is 0 Å². The Kier molecular flexibility index (Phi) is 3.59. The molecule has 0 spiro atoms. The van der Waals surface area contributed by atoms with Crippen LogP contribution in [0.3, 0.4) is 0 Å². The van der Waals surface area contributed by atoms with E-state index in [1.54, 1.807) is 22.3 Å². The molecule has 0 atom stereocenters. The molecule has 2 aliphatic carbocycles. The first-order valence-corrected chi connectivity index (χ1v) is 7.56. The van der Waals surface area contributed by atoms with E-state index >= 15 is 0 Å². The molecular weight excluding hydrogens is 278 g/mol. The summed E-state index contributed by atoms with van der Waals surface area (Å²) in [5.74, 6) is 0.629. The number of hydrogen-bond donors (Lipinski definition) is 0. The van der Waals surface area contributed by atoms with E-state index < -0.39 is 0 Å². The zero-order chi connectivity index (χ0) is 13.7. The second kappa shape index (κ2) is 5.15. The number of benzene rings is 2. The van der Waals surface area contributed by atoms with Crippen LogP contribution in [0.4, 0.5) is 0 Å². The summed E-state index contributed by atoms with van der Waals surface area (Å²) in [5.41, 5.74) is 6.59. The highest BCUT2D eigenvalue weighted by molar-refractivity contribution is 5.85. The van der Waals surface area contributed by atoms with E-state index in [2.05, 4.69) is 67.5 Å². The topological polar surface area (TPSA) is 3.24 Å². The molecule has 0 aromatic heterocycles. The third-order valence-corrected chi connectivity index (χ3v) is 5.24. The number of halogens is 1. The zero-order valence-corrected chi connectivity index (χ0v) is 13.5. The molecule has 2 aliphatic rings. The number of nitrogens with zero attached hydrogens (tertiary/aromatic N) is 1. The van der Waals surface area contributed by atoms with Crippen LogP contribution in [0.1, 0.15) is 41.0 Å². The molecule has 1 nitrogen and oxygen atoms in total. The van der Waals surface area contributed by atoms with Crippen molar-refractivity contribution < 1.29 is 0 Å². The van der Waals surface area contributed by atoms with Gasteiger partial charge in [-0.2, -0.15) is 0 Å². The van der Waals surface area contributed by atoms with E-state index in [1.165, 1.54) is 12.8 Å². The summed E-state index contributed by atoms with van der Waals surface area (Å²) in [4.78, 5) is 2.31. The van der Waals surface area contributed by atoms with Crippen molar-refractivity contribution in [2.45, 2.75) is 24.2 Å². The van der Waals surface area contributed by atoms with Crippen molar-refractivity contribution in [1.82, 2.24) is 4.90 Å². The fourth-order valence-corrected chi connectivity index (χ4v) is 4.36. The van der Waals surface area contributed by atoms with Gasteiger partial charge >= 0.3 is 0 Å². The van der Waals surface area contributed by atoms with Gasteiger partial charge in [-0.05, 0) is 55.7 Å². The minimum atomic E-state index is 0. The van der Waals surface area contributed by atoms with Crippen molar-refractivity contribution in [3.63, 3.8) is 0 Å². The Morgan fingerprint density at radius 2 is 1.48 bits per heavy atom. The minimum absolute atomic E-state index is 0. The average Bonchev–Trinajstić information content (AvgIpc) is 2.98. The van der Waals surface area contributed by atoms with Crippen molar-refractivity contribution in [2.24, 2.45) is 0 Å². The maximum Gasteiger partial charge on any atom is 0.0230 e. The van der Waals surface area contributed by atoms with Crippen LogP contribution in [0.25, 0.3) is 0 Å². The van der Waals surface area contributed by atoms with E-state index in [0.29, 0.717) is 5.92 Å². The Morgan fingerprint density at radius 1 is 0.952 bits per heavy atom. The smallest absolute Gasteiger partial charge is 0.0230 e. The predicted molar refractivity (Wildman–Crippen MR) is 90.5 cm³/mol. The molecule has 0 N–H and O–H groups in total. The van der Waals surface area contributed by atoms with Crippen LogP contribution in [0.2, 0.25) is 0 Å². The summed E-state index contributed by atoms with van der Waals surface area (Å²) < 4.78 is 0. The summed E-state index contributed by atoms with van der Waals surface area (Å²) in [7, 11) is 4.35. The summed E-state index contributed by atoms with van der Waals surface area (Å²) >= 11 is 0. The molecule has 0 radical (unpaired) electrons. The van der Waals surface area contributed by atoms with Gasteiger partial charge in [0.05, 0.1) is 0 Å². The van der Waals surface area contributed by atoms with Crippen LogP contribution in [0.5, 0.6) is 0 Å². The van der Waals surface area contributed by atoms with Gasteiger partial charge in [-0.15, -0.1) is 12.4 Å². The summed E-state index contributed by atoms with van der Waals surface area (Å²) in [6, 6.07) is 18.2. The summed E-state index contributed by atoms with van der Waals surface area (Å²) in [6.07, 6.45) is 2.50. The van der Waals surface area contributed by atoms with Gasteiger partial charge in [-0.3, -0.25) is 0 Å². The molecule has 0 amide bonds. The van der Waals surface area contributed by atoms with Crippen LogP contribution in [-0.2, 0) is 5.41 Å². The van der Waals surface area contributed by atoms with Gasteiger partial charge in [0.15, 0.2) is 0 Å². The van der Waals surface area contributed by atoms with E-state index in [9.17, 15) is 0 Å². The fraction of sp³-hybridized carbons (Fsp3) is 0.368. The lowest BCUT2D eigenvalue weighted by molar-refractivity contribution is 0.347.